The SMILES string of the molecule is CCOc1ccccc1/C=N/NC(=O)Nc1ccc(Br)c(C)c1. The summed E-state index contributed by atoms with van der Waals surface area (Å²) in [6, 6.07) is 12.7. The monoisotopic (exact) mass is 375 g/mol. The predicted molar refractivity (Wildman–Crippen MR) is 96.2 cm³/mol. The van der Waals surface area contributed by atoms with Gasteiger partial charge >= 0.3 is 6.03 Å². The molecular formula is C17H18BrN3O2. The molecule has 0 atom stereocenters. The maximum Gasteiger partial charge on any atom is 0.339 e. The summed E-state index contributed by atoms with van der Waals surface area (Å²) < 4.78 is 6.48. The number of carbonyl (C=O) groups excluding carboxylic acids is 1. The second-order valence-corrected chi connectivity index (χ2v) is 5.61. The quantitative estimate of drug-likeness (QED) is 0.603. The van der Waals surface area contributed by atoms with Crippen molar-refractivity contribution in [2.24, 2.45) is 5.10 Å². The van der Waals surface area contributed by atoms with Crippen molar-refractivity contribution in [3.63, 3.8) is 0 Å². The van der Waals surface area contributed by atoms with Gasteiger partial charge in [-0.25, -0.2) is 10.2 Å². The maximum atomic E-state index is 11.8. The molecule has 0 saturated heterocycles. The summed E-state index contributed by atoms with van der Waals surface area (Å²) in [5.41, 5.74) is 4.98. The van der Waals surface area contributed by atoms with Crippen molar-refractivity contribution < 1.29 is 9.53 Å². The normalized spacial score (nSPS) is 10.6. The molecule has 0 aliphatic carbocycles. The van der Waals surface area contributed by atoms with E-state index in [2.05, 4.69) is 31.8 Å². The summed E-state index contributed by atoms with van der Waals surface area (Å²) >= 11 is 3.42. The summed E-state index contributed by atoms with van der Waals surface area (Å²) in [6.45, 7) is 4.44. The Morgan fingerprint density at radius 1 is 1.30 bits per heavy atom. The smallest absolute Gasteiger partial charge is 0.339 e. The van der Waals surface area contributed by atoms with Crippen LogP contribution >= 0.6 is 15.9 Å². The first-order valence-corrected chi connectivity index (χ1v) is 7.97. The fourth-order valence-corrected chi connectivity index (χ4v) is 2.16. The number of hydrogen-bond donors (Lipinski definition) is 2. The van der Waals surface area contributed by atoms with E-state index < -0.39 is 6.03 Å². The number of amides is 2. The summed E-state index contributed by atoms with van der Waals surface area (Å²) in [7, 11) is 0. The third-order valence-electron chi connectivity index (χ3n) is 3.00. The number of ether oxygens (including phenoxy) is 1. The van der Waals surface area contributed by atoms with Crippen molar-refractivity contribution >= 4 is 33.9 Å². The highest BCUT2D eigenvalue weighted by molar-refractivity contribution is 9.10. The van der Waals surface area contributed by atoms with Gasteiger partial charge < -0.3 is 10.1 Å². The zero-order valence-corrected chi connectivity index (χ0v) is 14.6. The molecule has 0 aliphatic rings. The molecule has 0 fully saturated rings. The van der Waals surface area contributed by atoms with Crippen molar-refractivity contribution in [2.45, 2.75) is 13.8 Å². The molecule has 23 heavy (non-hydrogen) atoms. The van der Waals surface area contributed by atoms with Crippen molar-refractivity contribution in [1.82, 2.24) is 5.43 Å². The van der Waals surface area contributed by atoms with E-state index in [1.165, 1.54) is 0 Å². The second kappa shape index (κ2) is 8.33. The van der Waals surface area contributed by atoms with Gasteiger partial charge in [0, 0.05) is 15.7 Å². The molecule has 2 amide bonds. The van der Waals surface area contributed by atoms with E-state index in [9.17, 15) is 4.79 Å². The van der Waals surface area contributed by atoms with Gasteiger partial charge in [-0.3, -0.25) is 0 Å². The minimum atomic E-state index is -0.406. The first-order valence-electron chi connectivity index (χ1n) is 7.18. The predicted octanol–water partition coefficient (Wildman–Crippen LogP) is 4.31. The molecule has 0 aliphatic heterocycles. The van der Waals surface area contributed by atoms with Gasteiger partial charge in [0.05, 0.1) is 12.8 Å². The van der Waals surface area contributed by atoms with E-state index in [0.717, 1.165) is 21.3 Å². The molecule has 2 aromatic rings. The van der Waals surface area contributed by atoms with Gasteiger partial charge in [-0.2, -0.15) is 5.10 Å². The molecule has 0 saturated carbocycles. The number of nitrogens with one attached hydrogen (secondary N) is 2. The van der Waals surface area contributed by atoms with Gasteiger partial charge in [0.15, 0.2) is 0 Å². The Kier molecular flexibility index (Phi) is 6.17. The van der Waals surface area contributed by atoms with Gasteiger partial charge in [-0.15, -0.1) is 0 Å². The van der Waals surface area contributed by atoms with E-state index in [4.69, 9.17) is 4.74 Å². The number of anilines is 1. The summed E-state index contributed by atoms with van der Waals surface area (Å²) in [4.78, 5) is 11.8. The molecule has 6 heteroatoms. The summed E-state index contributed by atoms with van der Waals surface area (Å²) in [5.74, 6) is 0.726. The van der Waals surface area contributed by atoms with Crippen LogP contribution in [0.5, 0.6) is 5.75 Å². The Bertz CT molecular complexity index is 717. The lowest BCUT2D eigenvalue weighted by Gasteiger charge is -2.07. The molecule has 0 unspecified atom stereocenters. The molecule has 0 spiro atoms. The molecule has 0 bridgehead atoms. The van der Waals surface area contributed by atoms with E-state index in [1.54, 1.807) is 6.21 Å². The minimum absolute atomic E-state index is 0.406. The van der Waals surface area contributed by atoms with Crippen molar-refractivity contribution in [1.29, 1.82) is 0 Å². The largest absolute Gasteiger partial charge is 0.493 e. The van der Waals surface area contributed by atoms with Gasteiger partial charge in [0.25, 0.3) is 0 Å². The van der Waals surface area contributed by atoms with Gasteiger partial charge in [0.2, 0.25) is 0 Å². The average molecular weight is 376 g/mol. The van der Waals surface area contributed by atoms with E-state index >= 15 is 0 Å². The number of carbonyl (C=O) groups is 1. The highest BCUT2D eigenvalue weighted by Gasteiger charge is 2.03. The van der Waals surface area contributed by atoms with Crippen molar-refractivity contribution in [3.05, 3.63) is 58.1 Å². The van der Waals surface area contributed by atoms with Gasteiger partial charge in [-0.1, -0.05) is 28.1 Å². The zero-order chi connectivity index (χ0) is 16.7. The number of aryl methyl sites for hydroxylation is 1. The number of halogens is 1. The van der Waals surface area contributed by atoms with Gasteiger partial charge in [-0.05, 0) is 49.7 Å². The number of benzene rings is 2. The van der Waals surface area contributed by atoms with Gasteiger partial charge in [0.1, 0.15) is 5.75 Å². The third kappa shape index (κ3) is 5.10. The minimum Gasteiger partial charge on any atom is -0.493 e. The fourth-order valence-electron chi connectivity index (χ4n) is 1.92. The first-order chi connectivity index (χ1) is 11.1. The zero-order valence-electron chi connectivity index (χ0n) is 13.0. The van der Waals surface area contributed by atoms with Crippen LogP contribution in [0.4, 0.5) is 10.5 Å². The number of hydrazone groups is 1. The van der Waals surface area contributed by atoms with E-state index in [-0.39, 0.29) is 0 Å². The van der Waals surface area contributed by atoms with Crippen molar-refractivity contribution in [3.8, 4) is 5.75 Å². The van der Waals surface area contributed by atoms with Crippen LogP contribution in [0, 0.1) is 6.92 Å². The number of rotatable bonds is 5. The Labute approximate surface area is 143 Å². The molecule has 0 radical (unpaired) electrons. The molecule has 5 nitrogen and oxygen atoms in total. The van der Waals surface area contributed by atoms with E-state index in [0.29, 0.717) is 12.3 Å². The van der Waals surface area contributed by atoms with Crippen LogP contribution in [0.3, 0.4) is 0 Å². The molecule has 2 aromatic carbocycles. The Morgan fingerprint density at radius 2 is 2.09 bits per heavy atom. The third-order valence-corrected chi connectivity index (χ3v) is 3.89. The molecule has 0 aromatic heterocycles. The first kappa shape index (κ1) is 17.0. The van der Waals surface area contributed by atoms with E-state index in [1.807, 2.05) is 56.3 Å². The van der Waals surface area contributed by atoms with Crippen LogP contribution in [-0.4, -0.2) is 18.9 Å². The highest BCUT2D eigenvalue weighted by Crippen LogP contribution is 2.20. The van der Waals surface area contributed by atoms with Crippen LogP contribution in [0.15, 0.2) is 52.0 Å². The number of hydrogen-bond acceptors (Lipinski definition) is 3. The van der Waals surface area contributed by atoms with Crippen LogP contribution in [0.2, 0.25) is 0 Å². The maximum absolute atomic E-state index is 11.8. The van der Waals surface area contributed by atoms with Crippen LogP contribution in [0.25, 0.3) is 0 Å². The number of nitrogens with zero attached hydrogens (tertiary/aromatic N) is 1. The van der Waals surface area contributed by atoms with Crippen molar-refractivity contribution in [2.75, 3.05) is 11.9 Å². The number of urea groups is 1. The standard InChI is InChI=1S/C17H18BrN3O2/c1-3-23-16-7-5-4-6-13(16)11-19-21-17(22)20-14-8-9-15(18)12(2)10-14/h4-11H,3H2,1-2H3,(H2,20,21,22)/b19-11+. The highest BCUT2D eigenvalue weighted by atomic mass is 79.9. The fraction of sp³-hybridized carbons (Fsp3) is 0.176. The number of para-hydroxylation sites is 1. The van der Waals surface area contributed by atoms with Crippen LogP contribution in [-0.2, 0) is 0 Å². The summed E-state index contributed by atoms with van der Waals surface area (Å²) in [6.07, 6.45) is 1.55. The Morgan fingerprint density at radius 3 is 2.83 bits per heavy atom. The van der Waals surface area contributed by atoms with Crippen LogP contribution < -0.4 is 15.5 Å². The molecule has 0 heterocycles. The van der Waals surface area contributed by atoms with Crippen LogP contribution in [0.1, 0.15) is 18.1 Å². The average Bonchev–Trinajstić information content (AvgIpc) is 2.53. The summed E-state index contributed by atoms with van der Waals surface area (Å²) in [5, 5.41) is 6.66. The Hall–Kier alpha value is -2.34. The Balaban J connectivity index is 1.95. The molecule has 2 N–H and O–H groups in total. The molecule has 120 valence electrons. The molecular weight excluding hydrogens is 358 g/mol. The lowest BCUT2D eigenvalue weighted by molar-refractivity contribution is 0.252. The lowest BCUT2D eigenvalue weighted by atomic mass is 10.2. The second-order valence-electron chi connectivity index (χ2n) is 4.76. The lowest BCUT2D eigenvalue weighted by Crippen LogP contribution is -2.24. The topological polar surface area (TPSA) is 62.7 Å². The molecule has 2 rings (SSSR count).